The van der Waals surface area contributed by atoms with E-state index in [1.807, 2.05) is 36.2 Å². The topological polar surface area (TPSA) is 29.9 Å². The van der Waals surface area contributed by atoms with Gasteiger partial charge in [-0.1, -0.05) is 0 Å². The molecule has 0 unspecified atom stereocenters. The minimum atomic E-state index is 0.715. The van der Waals surface area contributed by atoms with Crippen LogP contribution in [0.5, 0.6) is 0 Å². The fourth-order valence-corrected chi connectivity index (χ4v) is 1.43. The second-order valence-electron chi connectivity index (χ2n) is 2.49. The van der Waals surface area contributed by atoms with E-state index >= 15 is 0 Å². The molecule has 2 rings (SSSR count). The maximum Gasteiger partial charge on any atom is 0.371 e. The van der Waals surface area contributed by atoms with Gasteiger partial charge in [0.2, 0.25) is 5.58 Å². The van der Waals surface area contributed by atoms with Crippen molar-refractivity contribution in [3.63, 3.8) is 0 Å². The first-order chi connectivity index (χ1) is 5.81. The van der Waals surface area contributed by atoms with E-state index in [0.29, 0.717) is 5.22 Å². The Balaban J connectivity index is 2.74. The van der Waals surface area contributed by atoms with Crippen molar-refractivity contribution >= 4 is 23.0 Å². The number of aromatic nitrogens is 2. The van der Waals surface area contributed by atoms with E-state index in [9.17, 15) is 0 Å². The van der Waals surface area contributed by atoms with Crippen LogP contribution in [0.2, 0.25) is 0 Å². The summed E-state index contributed by atoms with van der Waals surface area (Å²) in [4.78, 5) is 4.29. The smallest absolute Gasteiger partial charge is 0.371 e. The first kappa shape index (κ1) is 7.61. The third-order valence-corrected chi connectivity index (χ3v) is 2.20. The fraction of sp³-hybridized carbons (Fsp3) is 0.250. The molecule has 3 nitrogen and oxygen atoms in total. The van der Waals surface area contributed by atoms with Gasteiger partial charge in [-0.25, -0.2) is 4.57 Å². The van der Waals surface area contributed by atoms with Gasteiger partial charge in [0.05, 0.1) is 13.2 Å². The Labute approximate surface area is 74.4 Å². The summed E-state index contributed by atoms with van der Waals surface area (Å²) < 4.78 is 7.37. The Kier molecular flexibility index (Phi) is 1.77. The molecule has 0 aromatic carbocycles. The molecule has 0 bridgehead atoms. The molecule has 62 valence electrons. The van der Waals surface area contributed by atoms with Gasteiger partial charge in [-0.15, -0.1) is 0 Å². The predicted octanol–water partition coefficient (Wildman–Crippen LogP) is 1.37. The van der Waals surface area contributed by atoms with E-state index in [4.69, 9.17) is 4.42 Å². The molecule has 0 spiro atoms. The van der Waals surface area contributed by atoms with E-state index in [1.165, 1.54) is 11.8 Å². The molecule has 0 atom stereocenters. The lowest BCUT2D eigenvalue weighted by molar-refractivity contribution is -0.646. The number of rotatable bonds is 1. The summed E-state index contributed by atoms with van der Waals surface area (Å²) in [5.41, 5.74) is 1.73. The van der Waals surface area contributed by atoms with E-state index in [1.54, 1.807) is 0 Å². The highest BCUT2D eigenvalue weighted by Gasteiger charge is 2.14. The molecule has 2 aromatic heterocycles. The summed E-state index contributed by atoms with van der Waals surface area (Å²) in [6, 6.07) is 3.86. The lowest BCUT2D eigenvalue weighted by Gasteiger charge is -1.85. The van der Waals surface area contributed by atoms with Gasteiger partial charge in [0.15, 0.2) is 0 Å². The van der Waals surface area contributed by atoms with Crippen molar-refractivity contribution in [1.29, 1.82) is 0 Å². The van der Waals surface area contributed by atoms with Gasteiger partial charge in [0, 0.05) is 4.98 Å². The van der Waals surface area contributed by atoms with Crippen LogP contribution in [-0.2, 0) is 7.05 Å². The molecule has 0 aliphatic carbocycles. The number of pyridine rings is 1. The molecular weight excluding hydrogens is 172 g/mol. The van der Waals surface area contributed by atoms with Gasteiger partial charge in [-0.3, -0.25) is 0 Å². The van der Waals surface area contributed by atoms with Crippen LogP contribution in [0.3, 0.4) is 0 Å². The Morgan fingerprint density at radius 3 is 3.08 bits per heavy atom. The van der Waals surface area contributed by atoms with Crippen molar-refractivity contribution in [1.82, 2.24) is 4.98 Å². The molecule has 12 heavy (non-hydrogen) atoms. The molecule has 0 aliphatic rings. The number of aryl methyl sites for hydroxylation is 1. The molecule has 4 heteroatoms. The minimum absolute atomic E-state index is 0.715. The van der Waals surface area contributed by atoms with E-state index in [0.717, 1.165) is 11.2 Å². The molecule has 0 fully saturated rings. The fourth-order valence-electron chi connectivity index (χ4n) is 1.08. The van der Waals surface area contributed by atoms with E-state index in [-0.39, 0.29) is 0 Å². The minimum Gasteiger partial charge on any atom is -0.406 e. The Morgan fingerprint density at radius 1 is 1.58 bits per heavy atom. The summed E-state index contributed by atoms with van der Waals surface area (Å²) in [6.07, 6.45) is 3.90. The monoisotopic (exact) mass is 181 g/mol. The average Bonchev–Trinajstić information content (AvgIpc) is 2.49. The average molecular weight is 181 g/mol. The lowest BCUT2D eigenvalue weighted by Crippen LogP contribution is -2.27. The number of hydrogen-bond donors (Lipinski definition) is 0. The maximum atomic E-state index is 5.43. The molecule has 0 saturated heterocycles. The zero-order valence-corrected chi connectivity index (χ0v) is 7.76. The Morgan fingerprint density at radius 2 is 2.42 bits per heavy atom. The second kappa shape index (κ2) is 2.79. The first-order valence-electron chi connectivity index (χ1n) is 3.60. The number of hydrogen-bond acceptors (Lipinski definition) is 3. The Hall–Kier alpha value is -1.03. The summed E-state index contributed by atoms with van der Waals surface area (Å²) in [5.74, 6) is 0. The number of nitrogens with zero attached hydrogens (tertiary/aromatic N) is 2. The van der Waals surface area contributed by atoms with E-state index < -0.39 is 0 Å². The SMILES string of the molecule is CSc1nc2c(ccc[n+]2C)o1. The van der Waals surface area contributed by atoms with Crippen LogP contribution in [0.1, 0.15) is 0 Å². The standard InChI is InChI=1S/C8H9N2OS/c1-10-5-3-4-6-7(10)9-8(11-6)12-2/h3-5H,1-2H3/q+1. The number of oxazole rings is 1. The van der Waals surface area contributed by atoms with Crippen LogP contribution < -0.4 is 4.57 Å². The molecule has 2 aromatic rings. The quantitative estimate of drug-likeness (QED) is 0.491. The van der Waals surface area contributed by atoms with Gasteiger partial charge in [0.25, 0.3) is 0 Å². The van der Waals surface area contributed by atoms with Crippen molar-refractivity contribution in [2.24, 2.45) is 7.05 Å². The highest BCUT2D eigenvalue weighted by atomic mass is 32.2. The van der Waals surface area contributed by atoms with Gasteiger partial charge >= 0.3 is 10.9 Å². The van der Waals surface area contributed by atoms with Crippen molar-refractivity contribution < 1.29 is 8.98 Å². The molecule has 0 amide bonds. The largest absolute Gasteiger partial charge is 0.406 e. The molecule has 0 radical (unpaired) electrons. The summed E-state index contributed by atoms with van der Waals surface area (Å²) >= 11 is 1.51. The van der Waals surface area contributed by atoms with E-state index in [2.05, 4.69) is 4.98 Å². The second-order valence-corrected chi connectivity index (χ2v) is 3.25. The Bertz CT molecular complexity index is 410. The van der Waals surface area contributed by atoms with Crippen LogP contribution in [0.4, 0.5) is 0 Å². The first-order valence-corrected chi connectivity index (χ1v) is 4.83. The van der Waals surface area contributed by atoms with Gasteiger partial charge in [-0.2, -0.15) is 0 Å². The normalized spacial score (nSPS) is 10.8. The summed E-state index contributed by atoms with van der Waals surface area (Å²) in [7, 11) is 1.95. The summed E-state index contributed by atoms with van der Waals surface area (Å²) in [6.45, 7) is 0. The molecule has 0 saturated carbocycles. The van der Waals surface area contributed by atoms with Crippen LogP contribution >= 0.6 is 11.8 Å². The zero-order valence-electron chi connectivity index (χ0n) is 6.94. The number of fused-ring (bicyclic) bond motifs is 1. The van der Waals surface area contributed by atoms with Crippen molar-refractivity contribution in [2.75, 3.05) is 6.26 Å². The van der Waals surface area contributed by atoms with Gasteiger partial charge in [0.1, 0.15) is 0 Å². The van der Waals surface area contributed by atoms with Crippen molar-refractivity contribution in [2.45, 2.75) is 5.22 Å². The predicted molar refractivity (Wildman–Crippen MR) is 47.0 cm³/mol. The summed E-state index contributed by atoms with van der Waals surface area (Å²) in [5, 5.41) is 0.715. The molecule has 0 aliphatic heterocycles. The molecular formula is C8H9N2OS+. The number of thioether (sulfide) groups is 1. The van der Waals surface area contributed by atoms with Crippen molar-refractivity contribution in [3.8, 4) is 0 Å². The van der Waals surface area contributed by atoms with Crippen LogP contribution in [-0.4, -0.2) is 11.2 Å². The third kappa shape index (κ3) is 1.08. The maximum absolute atomic E-state index is 5.43. The lowest BCUT2D eigenvalue weighted by atomic mass is 10.4. The third-order valence-electron chi connectivity index (χ3n) is 1.68. The van der Waals surface area contributed by atoms with Gasteiger partial charge in [-0.05, 0) is 30.2 Å². The van der Waals surface area contributed by atoms with Crippen LogP contribution in [0.15, 0.2) is 28.0 Å². The van der Waals surface area contributed by atoms with Crippen molar-refractivity contribution in [3.05, 3.63) is 18.3 Å². The van der Waals surface area contributed by atoms with Gasteiger partial charge < -0.3 is 4.42 Å². The van der Waals surface area contributed by atoms with Crippen LogP contribution in [0, 0.1) is 0 Å². The molecule has 0 N–H and O–H groups in total. The molecule has 2 heterocycles. The highest BCUT2D eigenvalue weighted by molar-refractivity contribution is 7.98. The van der Waals surface area contributed by atoms with Crippen LogP contribution in [0.25, 0.3) is 11.2 Å². The zero-order chi connectivity index (χ0) is 8.55. The highest BCUT2D eigenvalue weighted by Crippen LogP contribution is 2.18.